The highest BCUT2D eigenvalue weighted by Crippen LogP contribution is 2.38. The molecule has 12 nitrogen and oxygen atoms in total. The van der Waals surface area contributed by atoms with Gasteiger partial charge in [-0.25, -0.2) is 22.6 Å². The van der Waals surface area contributed by atoms with Crippen molar-refractivity contribution in [3.8, 4) is 17.4 Å². The second-order valence-corrected chi connectivity index (χ2v) is 11.9. The molecule has 1 amide bonds. The molecule has 0 spiro atoms. The normalized spacial score (nSPS) is 12.2. The third-order valence-electron chi connectivity index (χ3n) is 5.97. The summed E-state index contributed by atoms with van der Waals surface area (Å²) in [5.74, 6) is -3.02. The molecule has 1 aromatic heterocycles. The number of nitrogens with zero attached hydrogens (tertiary/aromatic N) is 2. The molecule has 3 N–H and O–H groups in total. The number of hydrogen-bond donors (Lipinski definition) is 3. The van der Waals surface area contributed by atoms with E-state index in [1.165, 1.54) is 30.8 Å². The Bertz CT molecular complexity index is 1630. The molecule has 0 saturated heterocycles. The first-order valence-electron chi connectivity index (χ1n) is 12.6. The number of aromatic nitrogens is 2. The smallest absolute Gasteiger partial charge is 0.419 e. The Morgan fingerprint density at radius 3 is 2.26 bits per heavy atom. The van der Waals surface area contributed by atoms with Crippen molar-refractivity contribution < 1.29 is 50.5 Å². The van der Waals surface area contributed by atoms with Crippen LogP contribution in [0, 0.1) is 6.92 Å². The van der Waals surface area contributed by atoms with E-state index in [1.807, 2.05) is 0 Å². The Morgan fingerprint density at radius 1 is 1.05 bits per heavy atom. The number of anilines is 1. The van der Waals surface area contributed by atoms with Crippen LogP contribution in [0.1, 0.15) is 52.7 Å². The fourth-order valence-electron chi connectivity index (χ4n) is 3.87. The van der Waals surface area contributed by atoms with Gasteiger partial charge in [-0.05, 0) is 64.1 Å². The summed E-state index contributed by atoms with van der Waals surface area (Å²) in [4.78, 5) is 24.2. The third kappa shape index (κ3) is 7.63. The Balaban J connectivity index is 2.09. The van der Waals surface area contributed by atoms with Gasteiger partial charge in [0, 0.05) is 30.5 Å². The molecule has 0 aliphatic carbocycles. The lowest BCUT2D eigenvalue weighted by molar-refractivity contribution is -0.138. The minimum Gasteiger partial charge on any atom is -0.496 e. The number of benzene rings is 2. The van der Waals surface area contributed by atoms with E-state index >= 15 is 0 Å². The molecule has 0 atom stereocenters. The lowest BCUT2D eigenvalue weighted by atomic mass is 10.1. The van der Waals surface area contributed by atoms with Crippen LogP contribution in [0.25, 0.3) is 0 Å². The van der Waals surface area contributed by atoms with Crippen LogP contribution in [-0.2, 0) is 26.5 Å². The maximum Gasteiger partial charge on any atom is 0.419 e. The second-order valence-electron chi connectivity index (χ2n) is 10.2. The maximum absolute atomic E-state index is 13.5. The number of ether oxygens (including phenoxy) is 3. The summed E-state index contributed by atoms with van der Waals surface area (Å²) < 4.78 is 86.3. The fraction of sp³-hybridized carbons (Fsp3) is 0.370. The molecule has 3 aromatic rings. The lowest BCUT2D eigenvalue weighted by Crippen LogP contribution is -2.28. The van der Waals surface area contributed by atoms with Crippen molar-refractivity contribution in [2.75, 3.05) is 32.7 Å². The standard InChI is InChI=1S/C27H31F3N4O8S/c1-15-22(25(36)37)33-34(26(2,3)4)24(15)42-20-10-8-17(14-21(20)43(38,39)31-11-12-40-5)32-23(35)16-7-9-19(41-6)18(13-16)27(28,29)30/h7-10,13-14,31H,11-12H2,1-6H3,(H,32,35)(H,36,37). The van der Waals surface area contributed by atoms with Gasteiger partial charge in [-0.2, -0.15) is 18.3 Å². The zero-order chi connectivity index (χ0) is 32.3. The summed E-state index contributed by atoms with van der Waals surface area (Å²) in [5, 5.41) is 16.1. The summed E-state index contributed by atoms with van der Waals surface area (Å²) in [6, 6.07) is 6.29. The van der Waals surface area contributed by atoms with Crippen molar-refractivity contribution in [2.45, 2.75) is 44.3 Å². The molecular formula is C27H31F3N4O8S. The minimum absolute atomic E-state index is 0.0305. The predicted molar refractivity (Wildman–Crippen MR) is 148 cm³/mol. The summed E-state index contributed by atoms with van der Waals surface area (Å²) >= 11 is 0. The Kier molecular flexibility index (Phi) is 9.78. The molecule has 2 aromatic carbocycles. The molecule has 3 rings (SSSR count). The molecule has 0 bridgehead atoms. The number of methoxy groups -OCH3 is 2. The van der Waals surface area contributed by atoms with Crippen molar-refractivity contribution in [1.29, 1.82) is 0 Å². The molecule has 1 heterocycles. The van der Waals surface area contributed by atoms with Crippen LogP contribution >= 0.6 is 0 Å². The number of carbonyl (C=O) groups excluding carboxylic acids is 1. The molecule has 0 radical (unpaired) electrons. The minimum atomic E-state index is -4.80. The first-order chi connectivity index (χ1) is 19.9. The van der Waals surface area contributed by atoms with Crippen molar-refractivity contribution in [1.82, 2.24) is 14.5 Å². The number of halogens is 3. The second kappa shape index (κ2) is 12.6. The van der Waals surface area contributed by atoms with Crippen LogP contribution < -0.4 is 19.5 Å². The van der Waals surface area contributed by atoms with Gasteiger partial charge >= 0.3 is 12.1 Å². The first kappa shape index (κ1) is 33.4. The monoisotopic (exact) mass is 628 g/mol. The fourth-order valence-corrected chi connectivity index (χ4v) is 5.04. The van der Waals surface area contributed by atoms with Crippen molar-refractivity contribution >= 4 is 27.6 Å². The maximum atomic E-state index is 13.5. The highest BCUT2D eigenvalue weighted by Gasteiger charge is 2.35. The molecule has 0 fully saturated rings. The summed E-state index contributed by atoms with van der Waals surface area (Å²) in [6.07, 6.45) is -4.80. The van der Waals surface area contributed by atoms with Gasteiger partial charge in [0.25, 0.3) is 5.91 Å². The number of rotatable bonds is 11. The van der Waals surface area contributed by atoms with E-state index < -0.39 is 49.8 Å². The molecule has 43 heavy (non-hydrogen) atoms. The lowest BCUT2D eigenvalue weighted by Gasteiger charge is -2.23. The SMILES string of the molecule is COCCNS(=O)(=O)c1cc(NC(=O)c2ccc(OC)c(C(F)(F)F)c2)ccc1Oc1c(C)c(C(=O)O)nn1C(C)(C)C. The number of carboxylic acids is 1. The van der Waals surface area contributed by atoms with E-state index in [4.69, 9.17) is 14.2 Å². The van der Waals surface area contributed by atoms with E-state index in [9.17, 15) is 36.3 Å². The number of carboxylic acid groups (broad SMARTS) is 1. The van der Waals surface area contributed by atoms with Gasteiger partial charge in [-0.1, -0.05) is 0 Å². The Labute approximate surface area is 245 Å². The van der Waals surface area contributed by atoms with Gasteiger partial charge in [0.05, 0.1) is 24.8 Å². The average molecular weight is 629 g/mol. The van der Waals surface area contributed by atoms with Gasteiger partial charge < -0.3 is 24.6 Å². The molecule has 0 aliphatic heterocycles. The van der Waals surface area contributed by atoms with Crippen LogP contribution in [0.3, 0.4) is 0 Å². The summed E-state index contributed by atoms with van der Waals surface area (Å²) in [6.45, 7) is 6.58. The number of amides is 1. The van der Waals surface area contributed by atoms with Crippen LogP contribution in [0.2, 0.25) is 0 Å². The van der Waals surface area contributed by atoms with Crippen LogP contribution in [0.4, 0.5) is 18.9 Å². The average Bonchev–Trinajstić information content (AvgIpc) is 3.25. The highest BCUT2D eigenvalue weighted by atomic mass is 32.2. The van der Waals surface area contributed by atoms with Gasteiger partial charge in [-0.3, -0.25) is 4.79 Å². The topological polar surface area (TPSA) is 158 Å². The third-order valence-corrected chi connectivity index (χ3v) is 7.45. The number of aromatic carboxylic acids is 1. The first-order valence-corrected chi connectivity index (χ1v) is 14.1. The van der Waals surface area contributed by atoms with E-state index in [0.29, 0.717) is 6.07 Å². The predicted octanol–water partition coefficient (Wildman–Crippen LogP) is 4.64. The van der Waals surface area contributed by atoms with E-state index in [-0.39, 0.29) is 47.3 Å². The van der Waals surface area contributed by atoms with Gasteiger partial charge in [0.2, 0.25) is 15.9 Å². The largest absolute Gasteiger partial charge is 0.496 e. The quantitative estimate of drug-likeness (QED) is 0.257. The van der Waals surface area contributed by atoms with Gasteiger partial charge in [0.1, 0.15) is 16.4 Å². The highest BCUT2D eigenvalue weighted by molar-refractivity contribution is 7.89. The van der Waals surface area contributed by atoms with E-state index in [1.54, 1.807) is 20.8 Å². The van der Waals surface area contributed by atoms with Crippen LogP contribution in [0.5, 0.6) is 17.4 Å². The Morgan fingerprint density at radius 2 is 1.70 bits per heavy atom. The number of hydrogen-bond acceptors (Lipinski definition) is 8. The molecule has 0 saturated carbocycles. The molecule has 0 unspecified atom stereocenters. The molecule has 16 heteroatoms. The summed E-state index contributed by atoms with van der Waals surface area (Å²) in [5.41, 5.74) is -2.54. The number of carbonyl (C=O) groups is 2. The molecule has 234 valence electrons. The van der Waals surface area contributed by atoms with Gasteiger partial charge in [-0.15, -0.1) is 0 Å². The van der Waals surface area contributed by atoms with Crippen LogP contribution in [-0.4, -0.2) is 62.6 Å². The van der Waals surface area contributed by atoms with E-state index in [0.717, 1.165) is 25.3 Å². The summed E-state index contributed by atoms with van der Waals surface area (Å²) in [7, 11) is -1.89. The zero-order valence-electron chi connectivity index (χ0n) is 24.1. The number of nitrogens with one attached hydrogen (secondary N) is 2. The molecule has 0 aliphatic rings. The van der Waals surface area contributed by atoms with Crippen molar-refractivity contribution in [2.24, 2.45) is 0 Å². The van der Waals surface area contributed by atoms with Crippen molar-refractivity contribution in [3.05, 3.63) is 58.8 Å². The number of sulfonamides is 1. The van der Waals surface area contributed by atoms with Crippen LogP contribution in [0.15, 0.2) is 41.3 Å². The van der Waals surface area contributed by atoms with Crippen molar-refractivity contribution in [3.63, 3.8) is 0 Å². The Hall–Kier alpha value is -4.15. The zero-order valence-corrected chi connectivity index (χ0v) is 24.9. The van der Waals surface area contributed by atoms with Gasteiger partial charge in [0.15, 0.2) is 5.69 Å². The van der Waals surface area contributed by atoms with E-state index in [2.05, 4.69) is 15.1 Å². The molecular weight excluding hydrogens is 597 g/mol. The number of alkyl halides is 3.